The van der Waals surface area contributed by atoms with Gasteiger partial charge in [0.1, 0.15) is 11.5 Å². The number of aromatic nitrogens is 2. The smallest absolute Gasteiger partial charge is 0.312 e. The van der Waals surface area contributed by atoms with Gasteiger partial charge in [0, 0.05) is 12.6 Å². The van der Waals surface area contributed by atoms with Crippen LogP contribution in [0.15, 0.2) is 34.0 Å². The van der Waals surface area contributed by atoms with Crippen molar-refractivity contribution in [3.05, 3.63) is 41.1 Å². The van der Waals surface area contributed by atoms with Crippen LogP contribution in [-0.2, 0) is 6.54 Å². The summed E-state index contributed by atoms with van der Waals surface area (Å²) in [4.78, 5) is 12.3. The summed E-state index contributed by atoms with van der Waals surface area (Å²) in [6, 6.07) is 2.53. The molecule has 1 aliphatic heterocycles. The number of amides is 1. The van der Waals surface area contributed by atoms with E-state index in [1.165, 1.54) is 23.1 Å². The fourth-order valence-corrected chi connectivity index (χ4v) is 2.53. The van der Waals surface area contributed by atoms with Gasteiger partial charge >= 0.3 is 5.91 Å². The molecular weight excluding hydrogens is 384 g/mol. The number of hydrogen-bond donors (Lipinski definition) is 1. The largest absolute Gasteiger partial charge is 0.454 e. The Hall–Kier alpha value is -2.40. The van der Waals surface area contributed by atoms with Crippen LogP contribution in [0.5, 0.6) is 0 Å². The third kappa shape index (κ3) is 3.31. The minimum atomic E-state index is -3.51. The normalized spacial score (nSPS) is 20.3. The highest BCUT2D eigenvalue weighted by Crippen LogP contribution is 2.34. The van der Waals surface area contributed by atoms with Crippen molar-refractivity contribution in [3.8, 4) is 0 Å². The van der Waals surface area contributed by atoms with E-state index in [1.54, 1.807) is 0 Å². The third-order valence-electron chi connectivity index (χ3n) is 3.62. The quantitative estimate of drug-likeness (QED) is 0.790. The summed E-state index contributed by atoms with van der Waals surface area (Å²) in [7, 11) is 0. The molecule has 140 valence electrons. The van der Waals surface area contributed by atoms with Gasteiger partial charge < -0.3 is 9.52 Å². The maximum absolute atomic E-state index is 13.2. The highest BCUT2D eigenvalue weighted by Gasteiger charge is 2.53. The molecule has 0 radical (unpaired) electrons. The second-order valence-electron chi connectivity index (χ2n) is 5.49. The number of hydrogen-bond acceptors (Lipinski definition) is 5. The first-order valence-electron chi connectivity index (χ1n) is 7.18. The molecule has 26 heavy (non-hydrogen) atoms. The van der Waals surface area contributed by atoms with E-state index in [9.17, 15) is 27.5 Å². The molecule has 1 atom stereocenters. The molecule has 1 amide bonds. The monoisotopic (exact) mass is 394 g/mol. The van der Waals surface area contributed by atoms with Crippen molar-refractivity contribution in [2.45, 2.75) is 31.5 Å². The van der Waals surface area contributed by atoms with Gasteiger partial charge in [-0.25, -0.2) is 17.6 Å². The summed E-state index contributed by atoms with van der Waals surface area (Å²) in [5.74, 6) is -1.49. The molecule has 0 saturated carbocycles. The van der Waals surface area contributed by atoms with Crippen molar-refractivity contribution in [2.75, 3.05) is 0 Å². The van der Waals surface area contributed by atoms with Crippen LogP contribution in [0, 0.1) is 0 Å². The zero-order valence-electron chi connectivity index (χ0n) is 12.8. The molecule has 0 aliphatic carbocycles. The van der Waals surface area contributed by atoms with Crippen molar-refractivity contribution in [2.24, 2.45) is 5.10 Å². The van der Waals surface area contributed by atoms with Gasteiger partial charge in [0.05, 0.1) is 17.8 Å². The van der Waals surface area contributed by atoms with Crippen LogP contribution in [-0.4, -0.2) is 50.1 Å². The molecule has 1 N–H and O–H groups in total. The average Bonchev–Trinajstić information content (AvgIpc) is 3.27. The molecule has 2 aromatic rings. The number of aliphatic hydroxyl groups is 1. The van der Waals surface area contributed by atoms with Gasteiger partial charge in [-0.05, 0) is 12.1 Å². The summed E-state index contributed by atoms with van der Waals surface area (Å²) in [6.07, 6.45) is -4.99. The Morgan fingerprint density at radius 1 is 1.38 bits per heavy atom. The van der Waals surface area contributed by atoms with E-state index in [4.69, 9.17) is 16.0 Å². The molecular formula is C14H11ClF4N4O3. The maximum atomic E-state index is 13.2. The summed E-state index contributed by atoms with van der Waals surface area (Å²) in [5, 5.41) is 17.3. The number of alkyl halides is 4. The lowest BCUT2D eigenvalue weighted by molar-refractivity contribution is -0.164. The summed E-state index contributed by atoms with van der Waals surface area (Å²) < 4.78 is 58.5. The number of furan rings is 1. The Balaban J connectivity index is 1.83. The summed E-state index contributed by atoms with van der Waals surface area (Å²) in [6.45, 7) is 0.0880. The van der Waals surface area contributed by atoms with Gasteiger partial charge in [-0.15, -0.1) is 0 Å². The number of hydrazone groups is 1. The van der Waals surface area contributed by atoms with E-state index in [0.29, 0.717) is 5.02 Å². The fourth-order valence-electron chi connectivity index (χ4n) is 2.37. The molecule has 0 fully saturated rings. The topological polar surface area (TPSA) is 83.9 Å². The van der Waals surface area contributed by atoms with Crippen molar-refractivity contribution in [1.82, 2.24) is 14.8 Å². The van der Waals surface area contributed by atoms with Gasteiger partial charge in [-0.3, -0.25) is 9.48 Å². The van der Waals surface area contributed by atoms with Gasteiger partial charge in [0.15, 0.2) is 5.76 Å². The van der Waals surface area contributed by atoms with Gasteiger partial charge in [-0.2, -0.15) is 15.2 Å². The first kappa shape index (κ1) is 18.4. The fraction of sp³-hybridized carbons (Fsp3) is 0.357. The van der Waals surface area contributed by atoms with Crippen molar-refractivity contribution in [1.29, 1.82) is 0 Å². The first-order valence-corrected chi connectivity index (χ1v) is 7.56. The lowest BCUT2D eigenvalue weighted by atomic mass is 10.1. The summed E-state index contributed by atoms with van der Waals surface area (Å²) in [5.41, 5.74) is -4.18. The molecule has 12 heteroatoms. The van der Waals surface area contributed by atoms with Crippen molar-refractivity contribution < 1.29 is 31.9 Å². The molecule has 2 aromatic heterocycles. The van der Waals surface area contributed by atoms with E-state index in [0.717, 1.165) is 6.07 Å². The SMILES string of the molecule is O=C(c1ccc(Cn2cc(Cl)cn2)o1)N1N=C(C(F)F)C[C@@]1(O)C(F)F. The second-order valence-corrected chi connectivity index (χ2v) is 5.92. The molecule has 3 heterocycles. The zero-order chi connectivity index (χ0) is 19.1. The predicted molar refractivity (Wildman–Crippen MR) is 80.2 cm³/mol. The third-order valence-corrected chi connectivity index (χ3v) is 3.82. The zero-order valence-corrected chi connectivity index (χ0v) is 13.6. The Morgan fingerprint density at radius 3 is 2.69 bits per heavy atom. The predicted octanol–water partition coefficient (Wildman–Crippen LogP) is 2.60. The standard InChI is InChI=1S/C14H11ClF4N4O3/c15-7-4-20-22(5-7)6-8-1-2-10(26-8)12(24)23-14(25,13(18)19)3-9(21-23)11(16)17/h1-2,4-5,11,13,25H,3,6H2/t14-/m1/s1. The first-order chi connectivity index (χ1) is 12.2. The van der Waals surface area contributed by atoms with E-state index < -0.39 is 42.4 Å². The van der Waals surface area contributed by atoms with Crippen LogP contribution in [0.2, 0.25) is 5.02 Å². The molecule has 0 saturated heterocycles. The van der Waals surface area contributed by atoms with Crippen LogP contribution < -0.4 is 0 Å². The van der Waals surface area contributed by atoms with Crippen molar-refractivity contribution >= 4 is 23.2 Å². The Morgan fingerprint density at radius 2 is 2.12 bits per heavy atom. The molecule has 0 bridgehead atoms. The van der Waals surface area contributed by atoms with Crippen molar-refractivity contribution in [3.63, 3.8) is 0 Å². The number of carbonyl (C=O) groups is 1. The van der Waals surface area contributed by atoms with E-state index >= 15 is 0 Å². The molecule has 7 nitrogen and oxygen atoms in total. The lowest BCUT2D eigenvalue weighted by Gasteiger charge is -2.29. The van der Waals surface area contributed by atoms with Crippen LogP contribution in [0.1, 0.15) is 22.7 Å². The second kappa shape index (κ2) is 6.72. The van der Waals surface area contributed by atoms with Crippen LogP contribution in [0.4, 0.5) is 17.6 Å². The molecule has 1 aliphatic rings. The molecule has 0 spiro atoms. The van der Waals surface area contributed by atoms with Gasteiger partial charge in [-0.1, -0.05) is 11.6 Å². The Labute approximate surface area is 148 Å². The Kier molecular flexibility index (Phi) is 4.76. The summed E-state index contributed by atoms with van der Waals surface area (Å²) >= 11 is 5.72. The molecule has 3 rings (SSSR count). The van der Waals surface area contributed by atoms with Gasteiger partial charge in [0.25, 0.3) is 12.9 Å². The minimum Gasteiger partial charge on any atom is -0.454 e. The van der Waals surface area contributed by atoms with Crippen LogP contribution in [0.25, 0.3) is 0 Å². The number of nitrogens with zero attached hydrogens (tertiary/aromatic N) is 4. The lowest BCUT2D eigenvalue weighted by Crippen LogP contribution is -2.51. The van der Waals surface area contributed by atoms with E-state index in [-0.39, 0.29) is 17.3 Å². The number of rotatable bonds is 5. The van der Waals surface area contributed by atoms with E-state index in [2.05, 4.69) is 10.2 Å². The Bertz CT molecular complexity index is 853. The van der Waals surface area contributed by atoms with Crippen LogP contribution in [0.3, 0.4) is 0 Å². The average molecular weight is 395 g/mol. The molecule has 0 aromatic carbocycles. The minimum absolute atomic E-state index is 0.0629. The van der Waals surface area contributed by atoms with Crippen LogP contribution >= 0.6 is 11.6 Å². The maximum Gasteiger partial charge on any atom is 0.312 e. The number of halogens is 5. The highest BCUT2D eigenvalue weighted by atomic mass is 35.5. The van der Waals surface area contributed by atoms with E-state index in [1.807, 2.05) is 0 Å². The number of carbonyl (C=O) groups excluding carboxylic acids is 1. The van der Waals surface area contributed by atoms with Gasteiger partial charge in [0.2, 0.25) is 5.72 Å². The highest BCUT2D eigenvalue weighted by molar-refractivity contribution is 6.30. The molecule has 0 unspecified atom stereocenters.